The highest BCUT2D eigenvalue weighted by Gasteiger charge is 2.08. The maximum absolute atomic E-state index is 11.2. The molecule has 9 heteroatoms. The average Bonchev–Trinajstić information content (AvgIpc) is 2.50. The minimum Gasteiger partial charge on any atom is -0.370 e. The summed E-state index contributed by atoms with van der Waals surface area (Å²) in [5, 5.41) is 6.71. The van der Waals surface area contributed by atoms with Crippen LogP contribution in [0.25, 0.3) is 11.2 Å². The van der Waals surface area contributed by atoms with E-state index in [2.05, 4.69) is 29.9 Å². The van der Waals surface area contributed by atoms with Gasteiger partial charge in [-0.2, -0.15) is 9.98 Å². The summed E-state index contributed by atoms with van der Waals surface area (Å²) in [6.07, 6.45) is 0. The van der Waals surface area contributed by atoms with Crippen molar-refractivity contribution in [1.29, 1.82) is 0 Å². The summed E-state index contributed by atoms with van der Waals surface area (Å²) in [5.41, 5.74) is 9.73. The first kappa shape index (κ1) is 8.16. The highest BCUT2D eigenvalue weighted by atomic mass is 16.6. The van der Waals surface area contributed by atoms with Crippen molar-refractivity contribution in [2.45, 2.75) is 0 Å². The number of hydrogen-bond donors (Lipinski definition) is 3. The van der Waals surface area contributed by atoms with Gasteiger partial charge in [-0.15, -0.1) is 0 Å². The van der Waals surface area contributed by atoms with Crippen molar-refractivity contribution in [3.8, 4) is 0 Å². The van der Waals surface area contributed by atoms with Crippen LogP contribution >= 0.6 is 0 Å². The van der Waals surface area contributed by atoms with Gasteiger partial charge in [-0.05, 0) is 10.3 Å². The monoisotopic (exact) mass is 195 g/mol. The zero-order chi connectivity index (χ0) is 10.1. The first-order valence-corrected chi connectivity index (χ1v) is 3.49. The minimum absolute atomic E-state index is 0.000423. The molecular formula is C5H5N7O2. The molecule has 5 N–H and O–H groups in total. The molecular weight excluding hydrogens is 190 g/mol. The SMILES string of the molecule is NC(N)=Nc1nc2nonc2c(=O)[nH]1. The van der Waals surface area contributed by atoms with Gasteiger partial charge in [0.25, 0.3) is 5.56 Å². The first-order chi connectivity index (χ1) is 6.66. The van der Waals surface area contributed by atoms with Gasteiger partial charge in [0.1, 0.15) is 0 Å². The number of H-pyrrole nitrogens is 1. The molecule has 0 fully saturated rings. The molecule has 2 rings (SSSR count). The van der Waals surface area contributed by atoms with E-state index in [4.69, 9.17) is 11.5 Å². The van der Waals surface area contributed by atoms with E-state index in [0.29, 0.717) is 0 Å². The van der Waals surface area contributed by atoms with Crippen molar-refractivity contribution < 1.29 is 4.63 Å². The molecule has 9 nitrogen and oxygen atoms in total. The Bertz CT molecular complexity index is 548. The summed E-state index contributed by atoms with van der Waals surface area (Å²) < 4.78 is 4.31. The molecule has 0 spiro atoms. The Kier molecular flexibility index (Phi) is 1.63. The fraction of sp³-hybridized carbons (Fsp3) is 0. The van der Waals surface area contributed by atoms with Crippen molar-refractivity contribution in [2.24, 2.45) is 16.5 Å². The molecule has 14 heavy (non-hydrogen) atoms. The van der Waals surface area contributed by atoms with Crippen LogP contribution in [0.3, 0.4) is 0 Å². The molecule has 2 aromatic rings. The van der Waals surface area contributed by atoms with Gasteiger partial charge in [-0.25, -0.2) is 4.63 Å². The van der Waals surface area contributed by atoms with E-state index >= 15 is 0 Å². The first-order valence-electron chi connectivity index (χ1n) is 3.49. The Balaban J connectivity index is 2.71. The second kappa shape index (κ2) is 2.80. The molecule has 0 aliphatic rings. The van der Waals surface area contributed by atoms with Crippen molar-refractivity contribution in [2.75, 3.05) is 0 Å². The predicted octanol–water partition coefficient (Wildman–Crippen LogP) is -1.79. The van der Waals surface area contributed by atoms with Crippen molar-refractivity contribution >= 4 is 23.1 Å². The number of fused-ring (bicyclic) bond motifs is 1. The number of aromatic amines is 1. The third-order valence-electron chi connectivity index (χ3n) is 1.36. The summed E-state index contributed by atoms with van der Waals surface area (Å²) in [6.45, 7) is 0. The summed E-state index contributed by atoms with van der Waals surface area (Å²) >= 11 is 0. The maximum atomic E-state index is 11.2. The van der Waals surface area contributed by atoms with Crippen LogP contribution in [0.1, 0.15) is 0 Å². The third-order valence-corrected chi connectivity index (χ3v) is 1.36. The summed E-state index contributed by atoms with van der Waals surface area (Å²) in [6, 6.07) is 0. The highest BCUT2D eigenvalue weighted by Crippen LogP contribution is 2.04. The second-order valence-corrected chi connectivity index (χ2v) is 2.36. The molecule has 0 saturated carbocycles. The zero-order valence-corrected chi connectivity index (χ0v) is 6.76. The molecule has 2 heterocycles. The topological polar surface area (TPSA) is 149 Å². The number of nitrogens with two attached hydrogens (primary N) is 2. The molecule has 0 unspecified atom stereocenters. The van der Waals surface area contributed by atoms with E-state index in [9.17, 15) is 4.79 Å². The molecule has 0 amide bonds. The lowest BCUT2D eigenvalue weighted by Gasteiger charge is -1.91. The number of hydrogen-bond acceptors (Lipinski definition) is 6. The highest BCUT2D eigenvalue weighted by molar-refractivity contribution is 5.78. The summed E-state index contributed by atoms with van der Waals surface area (Å²) in [7, 11) is 0. The summed E-state index contributed by atoms with van der Waals surface area (Å²) in [4.78, 5) is 20.8. The van der Waals surface area contributed by atoms with E-state index in [-0.39, 0.29) is 23.1 Å². The lowest BCUT2D eigenvalue weighted by atomic mass is 10.5. The van der Waals surface area contributed by atoms with Crippen LogP contribution < -0.4 is 17.0 Å². The van der Waals surface area contributed by atoms with Crippen LogP contribution in [-0.2, 0) is 0 Å². The van der Waals surface area contributed by atoms with Gasteiger partial charge in [0.2, 0.25) is 17.1 Å². The van der Waals surface area contributed by atoms with Crippen LogP contribution in [0, 0.1) is 0 Å². The Morgan fingerprint density at radius 3 is 2.93 bits per heavy atom. The smallest absolute Gasteiger partial charge is 0.284 e. The molecule has 0 radical (unpaired) electrons. The average molecular weight is 195 g/mol. The molecule has 0 saturated heterocycles. The number of rotatable bonds is 1. The van der Waals surface area contributed by atoms with Crippen molar-refractivity contribution in [3.63, 3.8) is 0 Å². The Morgan fingerprint density at radius 1 is 1.43 bits per heavy atom. The van der Waals surface area contributed by atoms with Crippen LogP contribution in [0.5, 0.6) is 0 Å². The van der Waals surface area contributed by atoms with Gasteiger partial charge in [-0.3, -0.25) is 9.78 Å². The number of guanidine groups is 1. The standard InChI is InChI=1S/C5H5N7O2/c6-4(7)10-5-8-2-1(3(13)9-5)11-14-12-2/h(H5,6,7,8,9,10,12,13). The molecule has 0 bridgehead atoms. The van der Waals surface area contributed by atoms with Gasteiger partial charge >= 0.3 is 0 Å². The van der Waals surface area contributed by atoms with E-state index in [1.165, 1.54) is 0 Å². The van der Waals surface area contributed by atoms with Crippen molar-refractivity contribution in [1.82, 2.24) is 20.3 Å². The fourth-order valence-corrected chi connectivity index (χ4v) is 0.865. The quantitative estimate of drug-likeness (QED) is 0.359. The van der Waals surface area contributed by atoms with Crippen LogP contribution in [0.2, 0.25) is 0 Å². The molecule has 0 aromatic carbocycles. The lowest BCUT2D eigenvalue weighted by molar-refractivity contribution is 0.314. The second-order valence-electron chi connectivity index (χ2n) is 2.36. The normalized spacial score (nSPS) is 10.3. The predicted molar refractivity (Wildman–Crippen MR) is 45.7 cm³/mol. The van der Waals surface area contributed by atoms with E-state index < -0.39 is 5.56 Å². The van der Waals surface area contributed by atoms with Crippen LogP contribution in [0.4, 0.5) is 5.95 Å². The van der Waals surface area contributed by atoms with Gasteiger partial charge < -0.3 is 11.5 Å². The molecule has 0 aliphatic heterocycles. The van der Waals surface area contributed by atoms with Crippen molar-refractivity contribution in [3.05, 3.63) is 10.4 Å². The number of aromatic nitrogens is 4. The number of nitrogens with one attached hydrogen (secondary N) is 1. The van der Waals surface area contributed by atoms with Gasteiger partial charge in [-0.1, -0.05) is 0 Å². The van der Waals surface area contributed by atoms with E-state index in [1.807, 2.05) is 0 Å². The maximum Gasteiger partial charge on any atom is 0.284 e. The largest absolute Gasteiger partial charge is 0.370 e. The van der Waals surface area contributed by atoms with Crippen LogP contribution in [0.15, 0.2) is 14.4 Å². The van der Waals surface area contributed by atoms with Crippen LogP contribution in [-0.4, -0.2) is 26.2 Å². The van der Waals surface area contributed by atoms with Gasteiger partial charge in [0, 0.05) is 0 Å². The zero-order valence-electron chi connectivity index (χ0n) is 6.76. The molecule has 0 atom stereocenters. The number of nitrogens with zero attached hydrogens (tertiary/aromatic N) is 4. The molecule has 2 aromatic heterocycles. The molecule has 0 aliphatic carbocycles. The van der Waals surface area contributed by atoms with E-state index in [0.717, 1.165) is 0 Å². The summed E-state index contributed by atoms with van der Waals surface area (Å²) in [5.74, 6) is -0.262. The lowest BCUT2D eigenvalue weighted by Crippen LogP contribution is -2.22. The Hall–Kier alpha value is -2.45. The van der Waals surface area contributed by atoms with Gasteiger partial charge in [0.05, 0.1) is 0 Å². The molecule has 72 valence electrons. The number of aliphatic imine (C=N–C) groups is 1. The van der Waals surface area contributed by atoms with Gasteiger partial charge in [0.15, 0.2) is 5.96 Å². The Morgan fingerprint density at radius 2 is 2.21 bits per heavy atom. The fourth-order valence-electron chi connectivity index (χ4n) is 0.865. The Labute approximate surface area is 75.8 Å². The third kappa shape index (κ3) is 1.26. The van der Waals surface area contributed by atoms with E-state index in [1.54, 1.807) is 0 Å². The minimum atomic E-state index is -0.517.